The Morgan fingerprint density at radius 3 is 2.47 bits per heavy atom. The fraction of sp³-hybridized carbons (Fsp3) is 0.125. The van der Waals surface area contributed by atoms with Gasteiger partial charge in [0.15, 0.2) is 0 Å². The standard InChI is InChI=1S/C24H20ClN3OS/c1-16-11-12-18(25)22(13-16)27-23(29)15-30-24-14-21(17-7-3-2-4-8-17)26-19-9-5-6-10-20(19)28-24/h2-13H,14-15H2,1H3,(H,27,29). The Labute approximate surface area is 185 Å². The third kappa shape index (κ3) is 4.99. The van der Waals surface area contributed by atoms with Crippen LogP contribution in [0.3, 0.4) is 0 Å². The molecule has 0 saturated carbocycles. The van der Waals surface area contributed by atoms with Gasteiger partial charge in [-0.2, -0.15) is 0 Å². The molecule has 3 aromatic rings. The highest BCUT2D eigenvalue weighted by Crippen LogP contribution is 2.33. The molecule has 4 rings (SSSR count). The summed E-state index contributed by atoms with van der Waals surface area (Å²) in [6.07, 6.45) is 0.571. The number of aliphatic imine (C=N–C) groups is 2. The first-order valence-electron chi connectivity index (χ1n) is 9.57. The molecule has 6 heteroatoms. The van der Waals surface area contributed by atoms with Crippen molar-refractivity contribution in [2.24, 2.45) is 9.98 Å². The Kier molecular flexibility index (Phi) is 6.31. The van der Waals surface area contributed by atoms with Crippen LogP contribution in [0.1, 0.15) is 17.5 Å². The number of fused-ring (bicyclic) bond motifs is 1. The molecular formula is C24H20ClN3OS. The van der Waals surface area contributed by atoms with Crippen LogP contribution in [0.15, 0.2) is 82.8 Å². The lowest BCUT2D eigenvalue weighted by molar-refractivity contribution is -0.113. The Hall–Kier alpha value is -2.89. The predicted molar refractivity (Wildman–Crippen MR) is 128 cm³/mol. The van der Waals surface area contributed by atoms with Crippen molar-refractivity contribution >= 4 is 57.1 Å². The highest BCUT2D eigenvalue weighted by Gasteiger charge is 2.16. The fourth-order valence-electron chi connectivity index (χ4n) is 3.11. The van der Waals surface area contributed by atoms with Crippen molar-refractivity contribution in [2.75, 3.05) is 11.1 Å². The molecule has 1 amide bonds. The van der Waals surface area contributed by atoms with Gasteiger partial charge in [0.2, 0.25) is 5.91 Å². The Bertz CT molecular complexity index is 1140. The van der Waals surface area contributed by atoms with Crippen molar-refractivity contribution in [3.05, 3.63) is 88.9 Å². The van der Waals surface area contributed by atoms with Gasteiger partial charge < -0.3 is 5.32 Å². The Morgan fingerprint density at radius 2 is 1.70 bits per heavy atom. The first-order valence-corrected chi connectivity index (χ1v) is 10.9. The summed E-state index contributed by atoms with van der Waals surface area (Å²) in [6.45, 7) is 1.96. The summed E-state index contributed by atoms with van der Waals surface area (Å²) in [5.74, 6) is 0.124. The number of para-hydroxylation sites is 2. The molecule has 0 spiro atoms. The van der Waals surface area contributed by atoms with Crippen LogP contribution in [0.5, 0.6) is 0 Å². The van der Waals surface area contributed by atoms with Crippen LogP contribution >= 0.6 is 23.4 Å². The van der Waals surface area contributed by atoms with Gasteiger partial charge in [-0.15, -0.1) is 11.8 Å². The summed E-state index contributed by atoms with van der Waals surface area (Å²) in [5, 5.41) is 4.27. The third-order valence-corrected chi connectivity index (χ3v) is 5.88. The number of halogens is 1. The van der Waals surface area contributed by atoms with E-state index in [2.05, 4.69) is 5.32 Å². The molecular weight excluding hydrogens is 414 g/mol. The number of nitrogens with one attached hydrogen (secondary N) is 1. The molecule has 0 aromatic heterocycles. The molecule has 1 aliphatic heterocycles. The molecule has 30 heavy (non-hydrogen) atoms. The highest BCUT2D eigenvalue weighted by molar-refractivity contribution is 8.14. The van der Waals surface area contributed by atoms with Gasteiger partial charge in [-0.05, 0) is 42.3 Å². The van der Waals surface area contributed by atoms with Gasteiger partial charge in [-0.3, -0.25) is 9.79 Å². The number of aryl methyl sites for hydroxylation is 1. The summed E-state index contributed by atoms with van der Waals surface area (Å²) >= 11 is 7.62. The van der Waals surface area contributed by atoms with Crippen LogP contribution in [0, 0.1) is 6.92 Å². The number of carbonyl (C=O) groups is 1. The van der Waals surface area contributed by atoms with E-state index in [-0.39, 0.29) is 11.7 Å². The minimum absolute atomic E-state index is 0.120. The maximum atomic E-state index is 12.5. The van der Waals surface area contributed by atoms with Crippen LogP contribution < -0.4 is 5.32 Å². The number of nitrogens with zero attached hydrogens (tertiary/aromatic N) is 2. The summed E-state index contributed by atoms with van der Waals surface area (Å²) in [5.41, 5.74) is 5.31. The van der Waals surface area contributed by atoms with Crippen LogP contribution in [-0.4, -0.2) is 22.4 Å². The zero-order chi connectivity index (χ0) is 20.9. The van der Waals surface area contributed by atoms with Gasteiger partial charge in [0.05, 0.1) is 38.6 Å². The van der Waals surface area contributed by atoms with Crippen LogP contribution in [0.25, 0.3) is 0 Å². The lowest BCUT2D eigenvalue weighted by atomic mass is 10.1. The quantitative estimate of drug-likeness (QED) is 0.505. The Morgan fingerprint density at radius 1 is 1.00 bits per heavy atom. The van der Waals surface area contributed by atoms with E-state index in [1.54, 1.807) is 6.07 Å². The first kappa shape index (κ1) is 20.4. The molecule has 0 saturated heterocycles. The molecule has 0 unspecified atom stereocenters. The normalized spacial score (nSPS) is 13.0. The van der Waals surface area contributed by atoms with Crippen molar-refractivity contribution < 1.29 is 4.79 Å². The second-order valence-electron chi connectivity index (χ2n) is 6.92. The van der Waals surface area contributed by atoms with Crippen molar-refractivity contribution in [3.8, 4) is 0 Å². The predicted octanol–water partition coefficient (Wildman–Crippen LogP) is 6.57. The molecule has 0 aliphatic carbocycles. The molecule has 0 fully saturated rings. The lowest BCUT2D eigenvalue weighted by Crippen LogP contribution is -2.16. The Balaban J connectivity index is 1.52. The zero-order valence-corrected chi connectivity index (χ0v) is 18.0. The SMILES string of the molecule is Cc1ccc(Cl)c(NC(=O)CSC2=Nc3ccccc3N=C(c3ccccc3)C2)c1. The van der Waals surface area contributed by atoms with E-state index in [0.29, 0.717) is 17.1 Å². The number of carbonyl (C=O) groups excluding carboxylic acids is 1. The van der Waals surface area contributed by atoms with Crippen LogP contribution in [0.2, 0.25) is 5.02 Å². The van der Waals surface area contributed by atoms with Crippen molar-refractivity contribution in [1.82, 2.24) is 0 Å². The average molecular weight is 434 g/mol. The minimum Gasteiger partial charge on any atom is -0.324 e. The molecule has 4 nitrogen and oxygen atoms in total. The lowest BCUT2D eigenvalue weighted by Gasteiger charge is -2.09. The van der Waals surface area contributed by atoms with Crippen molar-refractivity contribution in [3.63, 3.8) is 0 Å². The summed E-state index contributed by atoms with van der Waals surface area (Å²) in [4.78, 5) is 22.2. The summed E-state index contributed by atoms with van der Waals surface area (Å²) < 4.78 is 0. The number of anilines is 1. The number of benzene rings is 3. The number of hydrogen-bond acceptors (Lipinski definition) is 4. The van der Waals surface area contributed by atoms with Crippen molar-refractivity contribution in [2.45, 2.75) is 13.3 Å². The molecule has 0 atom stereocenters. The summed E-state index contributed by atoms with van der Waals surface area (Å²) in [6, 6.07) is 23.4. The van der Waals surface area contributed by atoms with E-state index in [1.165, 1.54) is 11.8 Å². The smallest absolute Gasteiger partial charge is 0.234 e. The molecule has 0 radical (unpaired) electrons. The van der Waals surface area contributed by atoms with E-state index in [0.717, 1.165) is 33.3 Å². The number of rotatable bonds is 4. The van der Waals surface area contributed by atoms with E-state index < -0.39 is 0 Å². The zero-order valence-electron chi connectivity index (χ0n) is 16.4. The molecule has 1 heterocycles. The number of amides is 1. The fourth-order valence-corrected chi connectivity index (χ4v) is 4.04. The largest absolute Gasteiger partial charge is 0.324 e. The monoisotopic (exact) mass is 433 g/mol. The van der Waals surface area contributed by atoms with Gasteiger partial charge >= 0.3 is 0 Å². The van der Waals surface area contributed by atoms with Gasteiger partial charge in [-0.25, -0.2) is 4.99 Å². The van der Waals surface area contributed by atoms with Gasteiger partial charge in [0.25, 0.3) is 0 Å². The maximum Gasteiger partial charge on any atom is 0.234 e. The number of thioether (sulfide) groups is 1. The van der Waals surface area contributed by atoms with E-state index >= 15 is 0 Å². The number of hydrogen-bond donors (Lipinski definition) is 1. The molecule has 3 aromatic carbocycles. The molecule has 150 valence electrons. The average Bonchev–Trinajstić information content (AvgIpc) is 2.95. The second kappa shape index (κ2) is 9.28. The molecule has 1 aliphatic rings. The summed E-state index contributed by atoms with van der Waals surface area (Å²) in [7, 11) is 0. The van der Waals surface area contributed by atoms with Crippen LogP contribution in [-0.2, 0) is 4.79 Å². The van der Waals surface area contributed by atoms with Gasteiger partial charge in [0, 0.05) is 6.42 Å². The third-order valence-electron chi connectivity index (χ3n) is 4.57. The van der Waals surface area contributed by atoms with Gasteiger partial charge in [-0.1, -0.05) is 60.1 Å². The maximum absolute atomic E-state index is 12.5. The van der Waals surface area contributed by atoms with E-state index in [1.807, 2.05) is 73.7 Å². The van der Waals surface area contributed by atoms with E-state index in [9.17, 15) is 4.79 Å². The first-order chi connectivity index (χ1) is 14.6. The minimum atomic E-state index is -0.120. The molecule has 1 N–H and O–H groups in total. The second-order valence-corrected chi connectivity index (χ2v) is 8.37. The van der Waals surface area contributed by atoms with E-state index in [4.69, 9.17) is 21.6 Å². The van der Waals surface area contributed by atoms with Gasteiger partial charge in [0.1, 0.15) is 0 Å². The topological polar surface area (TPSA) is 53.8 Å². The van der Waals surface area contributed by atoms with Crippen LogP contribution in [0.4, 0.5) is 17.1 Å². The highest BCUT2D eigenvalue weighted by atomic mass is 35.5. The molecule has 0 bridgehead atoms. The van der Waals surface area contributed by atoms with Crippen molar-refractivity contribution in [1.29, 1.82) is 0 Å².